The van der Waals surface area contributed by atoms with E-state index in [4.69, 9.17) is 18.6 Å². The largest absolute Gasteiger partial charge is 0.499 e. The second-order valence-electron chi connectivity index (χ2n) is 8.54. The van der Waals surface area contributed by atoms with Crippen molar-refractivity contribution in [3.05, 3.63) is 28.6 Å². The molecule has 5 N–H and O–H groups in total. The fraction of sp³-hybridized carbons (Fsp3) is 0.591. The first kappa shape index (κ1) is 22.8. The molecule has 1 aromatic heterocycles. The quantitative estimate of drug-likeness (QED) is 0.407. The first-order valence-electron chi connectivity index (χ1n) is 10.7. The van der Waals surface area contributed by atoms with Crippen LogP contribution in [0.3, 0.4) is 0 Å². The Morgan fingerprint density at radius 3 is 2.44 bits per heavy atom. The predicted octanol–water partition coefficient (Wildman–Crippen LogP) is 0.635. The molecule has 0 amide bonds. The van der Waals surface area contributed by atoms with E-state index in [2.05, 4.69) is 6.92 Å². The molecule has 1 aliphatic heterocycles. The lowest BCUT2D eigenvalue weighted by atomic mass is 9.89. The van der Waals surface area contributed by atoms with E-state index in [9.17, 15) is 30.3 Å². The summed E-state index contributed by atoms with van der Waals surface area (Å²) < 4.78 is 22.1. The molecule has 2 heterocycles. The molecule has 0 radical (unpaired) electrons. The van der Waals surface area contributed by atoms with Gasteiger partial charge < -0.3 is 44.2 Å². The van der Waals surface area contributed by atoms with Crippen LogP contribution in [-0.4, -0.2) is 68.9 Å². The molecule has 1 saturated heterocycles. The van der Waals surface area contributed by atoms with Crippen LogP contribution in [0, 0.1) is 5.92 Å². The predicted molar refractivity (Wildman–Crippen MR) is 111 cm³/mol. The molecule has 2 aliphatic rings. The van der Waals surface area contributed by atoms with Crippen molar-refractivity contribution in [1.82, 2.24) is 0 Å². The maximum atomic E-state index is 12.2. The van der Waals surface area contributed by atoms with Gasteiger partial charge >= 0.3 is 5.63 Å². The van der Waals surface area contributed by atoms with Gasteiger partial charge in [-0.15, -0.1) is 0 Å². The molecule has 4 rings (SSSR count). The van der Waals surface area contributed by atoms with Gasteiger partial charge in [0.15, 0.2) is 5.75 Å². The minimum atomic E-state index is -1.58. The van der Waals surface area contributed by atoms with Crippen molar-refractivity contribution >= 4 is 11.0 Å². The van der Waals surface area contributed by atoms with Gasteiger partial charge in [0.25, 0.3) is 0 Å². The van der Waals surface area contributed by atoms with E-state index < -0.39 is 48.7 Å². The number of aliphatic hydroxyl groups is 4. The average molecular weight is 452 g/mol. The Hall–Kier alpha value is -2.37. The van der Waals surface area contributed by atoms with Gasteiger partial charge in [0.2, 0.25) is 12.0 Å². The highest BCUT2D eigenvalue weighted by atomic mass is 16.7. The van der Waals surface area contributed by atoms with Crippen LogP contribution in [0.4, 0.5) is 0 Å². The third-order valence-corrected chi connectivity index (χ3v) is 6.16. The number of aromatic hydroxyl groups is 1. The molecule has 2 fully saturated rings. The molecule has 0 bridgehead atoms. The molecular formula is C22H28O10. The molecule has 0 spiro atoms. The summed E-state index contributed by atoms with van der Waals surface area (Å²) in [4.78, 5) is 12.2. The Labute approximate surface area is 183 Å². The Balaban J connectivity index is 1.59. The molecule has 0 unspecified atom stereocenters. The van der Waals surface area contributed by atoms with E-state index in [1.54, 1.807) is 0 Å². The summed E-state index contributed by atoms with van der Waals surface area (Å²) in [6, 6.07) is 4.41. The van der Waals surface area contributed by atoms with E-state index >= 15 is 0 Å². The lowest BCUT2D eigenvalue weighted by Crippen LogP contribution is -2.60. The summed E-state index contributed by atoms with van der Waals surface area (Å²) >= 11 is 0. The van der Waals surface area contributed by atoms with Gasteiger partial charge in [-0.1, -0.05) is 6.92 Å². The van der Waals surface area contributed by atoms with Crippen LogP contribution in [0.5, 0.6) is 17.2 Å². The average Bonchev–Trinajstić information content (AvgIpc) is 2.78. The molecule has 32 heavy (non-hydrogen) atoms. The first-order valence-corrected chi connectivity index (χ1v) is 10.7. The van der Waals surface area contributed by atoms with Crippen molar-refractivity contribution in [2.75, 3.05) is 6.61 Å². The van der Waals surface area contributed by atoms with Gasteiger partial charge in [0.1, 0.15) is 35.7 Å². The van der Waals surface area contributed by atoms with Crippen LogP contribution in [-0.2, 0) is 4.74 Å². The van der Waals surface area contributed by atoms with Gasteiger partial charge in [-0.2, -0.15) is 0 Å². The zero-order valence-corrected chi connectivity index (χ0v) is 17.6. The number of benzene rings is 1. The summed E-state index contributed by atoms with van der Waals surface area (Å²) in [5.74, 6) is 0.199. The Morgan fingerprint density at radius 1 is 1.03 bits per heavy atom. The minimum absolute atomic E-state index is 0.0511. The normalized spacial score (nSPS) is 33.2. The number of aliphatic hydroxyl groups excluding tert-OH is 4. The zero-order chi connectivity index (χ0) is 23.0. The van der Waals surface area contributed by atoms with Crippen molar-refractivity contribution in [1.29, 1.82) is 0 Å². The fourth-order valence-corrected chi connectivity index (χ4v) is 4.15. The van der Waals surface area contributed by atoms with Crippen LogP contribution < -0.4 is 15.1 Å². The molecule has 5 atom stereocenters. The van der Waals surface area contributed by atoms with E-state index in [0.717, 1.165) is 25.7 Å². The smallest absolute Gasteiger partial charge is 0.382 e. The molecule has 1 aliphatic carbocycles. The second-order valence-corrected chi connectivity index (χ2v) is 8.54. The van der Waals surface area contributed by atoms with E-state index in [-0.39, 0.29) is 23.2 Å². The van der Waals surface area contributed by atoms with Crippen LogP contribution >= 0.6 is 0 Å². The third-order valence-electron chi connectivity index (χ3n) is 6.16. The third kappa shape index (κ3) is 4.41. The van der Waals surface area contributed by atoms with Crippen LogP contribution in [0.2, 0.25) is 0 Å². The molecule has 176 valence electrons. The SMILES string of the molecule is C[C@H]1CC[C@@H](Oc2c(O)c(=O)oc3cc(O[C@@H]4O[C@H](CO)[C@H](O)[C@H](O)[C@H]4O)ccc23)CC1. The fourth-order valence-electron chi connectivity index (χ4n) is 4.15. The van der Waals surface area contributed by atoms with Crippen molar-refractivity contribution < 1.29 is 44.2 Å². The number of hydrogen-bond donors (Lipinski definition) is 5. The monoisotopic (exact) mass is 452 g/mol. The first-order chi connectivity index (χ1) is 15.3. The van der Waals surface area contributed by atoms with Crippen LogP contribution in [0.15, 0.2) is 27.4 Å². The molecule has 2 aromatic rings. The van der Waals surface area contributed by atoms with Crippen molar-refractivity contribution in [3.63, 3.8) is 0 Å². The molecule has 1 saturated carbocycles. The van der Waals surface area contributed by atoms with Gasteiger partial charge in [-0.05, 0) is 43.7 Å². The van der Waals surface area contributed by atoms with E-state index in [1.165, 1.54) is 18.2 Å². The molecule has 1 aromatic carbocycles. The number of fused-ring (bicyclic) bond motifs is 1. The minimum Gasteiger partial charge on any atom is -0.499 e. The van der Waals surface area contributed by atoms with E-state index in [0.29, 0.717) is 11.3 Å². The van der Waals surface area contributed by atoms with Gasteiger partial charge in [0, 0.05) is 6.07 Å². The van der Waals surface area contributed by atoms with Crippen molar-refractivity contribution in [2.45, 2.75) is 69.4 Å². The van der Waals surface area contributed by atoms with E-state index in [1.807, 2.05) is 0 Å². The molecule has 10 nitrogen and oxygen atoms in total. The lowest BCUT2D eigenvalue weighted by molar-refractivity contribution is -0.277. The second kappa shape index (κ2) is 9.24. The maximum Gasteiger partial charge on any atom is 0.382 e. The van der Waals surface area contributed by atoms with Crippen molar-refractivity contribution in [2.24, 2.45) is 5.92 Å². The van der Waals surface area contributed by atoms with Gasteiger partial charge in [0.05, 0.1) is 18.1 Å². The molecular weight excluding hydrogens is 424 g/mol. The Morgan fingerprint density at radius 2 is 1.75 bits per heavy atom. The van der Waals surface area contributed by atoms with Gasteiger partial charge in [-0.3, -0.25) is 0 Å². The summed E-state index contributed by atoms with van der Waals surface area (Å²) in [5, 5.41) is 49.9. The Bertz CT molecular complexity index is 994. The van der Waals surface area contributed by atoms with Crippen LogP contribution in [0.1, 0.15) is 32.6 Å². The standard InChI is InChI=1S/C22H28O10/c1-10-2-4-11(5-3-10)29-20-13-7-6-12(8-14(13)31-21(28)19(20)27)30-22-18(26)17(25)16(24)15(9-23)32-22/h6-8,10-11,15-18,22-27H,2-5,9H2,1H3/t10-,11+,15-,16+,17+,18-,22-/m1/s1. The number of hydrogen-bond acceptors (Lipinski definition) is 10. The zero-order valence-electron chi connectivity index (χ0n) is 17.6. The number of rotatable bonds is 5. The maximum absolute atomic E-state index is 12.2. The highest BCUT2D eigenvalue weighted by Crippen LogP contribution is 2.37. The van der Waals surface area contributed by atoms with Gasteiger partial charge in [-0.25, -0.2) is 4.79 Å². The summed E-state index contributed by atoms with van der Waals surface area (Å²) in [6.45, 7) is 1.59. The Kier molecular flexibility index (Phi) is 6.59. The molecule has 10 heteroatoms. The van der Waals surface area contributed by atoms with Crippen LogP contribution in [0.25, 0.3) is 11.0 Å². The van der Waals surface area contributed by atoms with Crippen molar-refractivity contribution in [3.8, 4) is 17.2 Å². The summed E-state index contributed by atoms with van der Waals surface area (Å²) in [5.41, 5.74) is -0.865. The highest BCUT2D eigenvalue weighted by molar-refractivity contribution is 5.86. The summed E-state index contributed by atoms with van der Waals surface area (Å²) in [7, 11) is 0. The lowest BCUT2D eigenvalue weighted by Gasteiger charge is -2.39. The topological polar surface area (TPSA) is 159 Å². The number of ether oxygens (including phenoxy) is 3. The summed E-state index contributed by atoms with van der Waals surface area (Å²) in [6.07, 6.45) is -3.64. The highest BCUT2D eigenvalue weighted by Gasteiger charge is 2.44.